The van der Waals surface area contributed by atoms with Crippen molar-refractivity contribution in [2.75, 3.05) is 7.11 Å². The van der Waals surface area contributed by atoms with E-state index in [9.17, 15) is 9.59 Å². The van der Waals surface area contributed by atoms with Crippen LogP contribution < -0.4 is 0 Å². The predicted molar refractivity (Wildman–Crippen MR) is 43.5 cm³/mol. The van der Waals surface area contributed by atoms with Crippen LogP contribution in [-0.4, -0.2) is 30.4 Å². The van der Waals surface area contributed by atoms with Crippen molar-refractivity contribution in [1.29, 1.82) is 0 Å². The van der Waals surface area contributed by atoms with Gasteiger partial charge in [0.15, 0.2) is 0 Å². The van der Waals surface area contributed by atoms with Gasteiger partial charge in [0, 0.05) is 18.6 Å². The van der Waals surface area contributed by atoms with E-state index in [-0.39, 0.29) is 0 Å². The topological polar surface area (TPSA) is 72.8 Å². The SMILES string of the molecule is CCC(O)OC(=O)/C=C\C(=O)OC. The van der Waals surface area contributed by atoms with Gasteiger partial charge in [0.1, 0.15) is 0 Å². The van der Waals surface area contributed by atoms with Gasteiger partial charge in [-0.2, -0.15) is 0 Å². The van der Waals surface area contributed by atoms with E-state index >= 15 is 0 Å². The second kappa shape index (κ2) is 6.19. The Labute approximate surface area is 75.9 Å². The molecule has 0 aliphatic carbocycles. The standard InChI is InChI=1S/C8H12O5/c1-3-6(9)13-8(11)5-4-7(10)12-2/h4-6,9H,3H2,1-2H3/b5-4-. The van der Waals surface area contributed by atoms with Crippen LogP contribution >= 0.6 is 0 Å². The van der Waals surface area contributed by atoms with Crippen molar-refractivity contribution in [1.82, 2.24) is 0 Å². The zero-order valence-electron chi connectivity index (χ0n) is 7.52. The molecule has 0 aromatic carbocycles. The van der Waals surface area contributed by atoms with Crippen LogP contribution in [-0.2, 0) is 19.1 Å². The molecule has 0 spiro atoms. The van der Waals surface area contributed by atoms with Crippen molar-refractivity contribution in [3.63, 3.8) is 0 Å². The van der Waals surface area contributed by atoms with Crippen LogP contribution in [0.4, 0.5) is 0 Å². The monoisotopic (exact) mass is 188 g/mol. The zero-order chi connectivity index (χ0) is 10.3. The number of aliphatic hydroxyl groups is 1. The highest BCUT2D eigenvalue weighted by Gasteiger charge is 2.05. The average molecular weight is 188 g/mol. The number of carbonyl (C=O) groups is 2. The molecule has 1 atom stereocenters. The number of ether oxygens (including phenoxy) is 2. The van der Waals surface area contributed by atoms with Gasteiger partial charge in [0.25, 0.3) is 0 Å². The van der Waals surface area contributed by atoms with Gasteiger partial charge in [-0.05, 0) is 0 Å². The maximum atomic E-state index is 10.8. The molecule has 0 aliphatic heterocycles. The first kappa shape index (κ1) is 11.6. The van der Waals surface area contributed by atoms with Gasteiger partial charge in [-0.1, -0.05) is 6.92 Å². The first-order chi connectivity index (χ1) is 6.10. The van der Waals surface area contributed by atoms with Gasteiger partial charge in [0.2, 0.25) is 6.29 Å². The minimum absolute atomic E-state index is 0.303. The van der Waals surface area contributed by atoms with Crippen molar-refractivity contribution < 1.29 is 24.2 Å². The van der Waals surface area contributed by atoms with Crippen LogP contribution in [0.1, 0.15) is 13.3 Å². The second-order valence-corrected chi connectivity index (χ2v) is 2.16. The van der Waals surface area contributed by atoms with Crippen molar-refractivity contribution in [3.8, 4) is 0 Å². The highest BCUT2D eigenvalue weighted by molar-refractivity contribution is 5.91. The highest BCUT2D eigenvalue weighted by atomic mass is 16.6. The molecule has 5 nitrogen and oxygen atoms in total. The molecule has 5 heteroatoms. The van der Waals surface area contributed by atoms with Crippen LogP contribution in [0.3, 0.4) is 0 Å². The summed E-state index contributed by atoms with van der Waals surface area (Å²) in [7, 11) is 1.19. The van der Waals surface area contributed by atoms with E-state index in [0.29, 0.717) is 6.42 Å². The average Bonchev–Trinajstić information content (AvgIpc) is 2.13. The van der Waals surface area contributed by atoms with Gasteiger partial charge in [-0.3, -0.25) is 0 Å². The number of carbonyl (C=O) groups excluding carboxylic acids is 2. The first-order valence-corrected chi connectivity index (χ1v) is 3.74. The van der Waals surface area contributed by atoms with Gasteiger partial charge >= 0.3 is 11.9 Å². The Morgan fingerprint density at radius 1 is 1.38 bits per heavy atom. The summed E-state index contributed by atoms with van der Waals surface area (Å²) in [6.45, 7) is 1.65. The summed E-state index contributed by atoms with van der Waals surface area (Å²) in [4.78, 5) is 21.2. The summed E-state index contributed by atoms with van der Waals surface area (Å²) < 4.78 is 8.65. The lowest BCUT2D eigenvalue weighted by molar-refractivity contribution is -0.162. The number of methoxy groups -OCH3 is 1. The molecular weight excluding hydrogens is 176 g/mol. The molecule has 0 bridgehead atoms. The lowest BCUT2D eigenvalue weighted by atomic mass is 10.4. The van der Waals surface area contributed by atoms with Crippen LogP contribution in [0, 0.1) is 0 Å². The third-order valence-electron chi connectivity index (χ3n) is 1.16. The van der Waals surface area contributed by atoms with E-state index in [2.05, 4.69) is 9.47 Å². The molecule has 0 aromatic heterocycles. The van der Waals surface area contributed by atoms with Crippen LogP contribution in [0.25, 0.3) is 0 Å². The fourth-order valence-electron chi connectivity index (χ4n) is 0.461. The second-order valence-electron chi connectivity index (χ2n) is 2.16. The third kappa shape index (κ3) is 5.86. The molecule has 0 aromatic rings. The van der Waals surface area contributed by atoms with Crippen molar-refractivity contribution in [2.45, 2.75) is 19.6 Å². The molecule has 0 rings (SSSR count). The molecular formula is C8H12O5. The largest absolute Gasteiger partial charge is 0.466 e. The van der Waals surface area contributed by atoms with Crippen LogP contribution in [0.5, 0.6) is 0 Å². The number of esters is 2. The van der Waals surface area contributed by atoms with E-state index in [1.807, 2.05) is 0 Å². The fraction of sp³-hybridized carbons (Fsp3) is 0.500. The molecule has 13 heavy (non-hydrogen) atoms. The zero-order valence-corrected chi connectivity index (χ0v) is 7.52. The van der Waals surface area contributed by atoms with Crippen molar-refractivity contribution in [2.24, 2.45) is 0 Å². The maximum absolute atomic E-state index is 10.8. The Bertz CT molecular complexity index is 209. The smallest absolute Gasteiger partial charge is 0.333 e. The minimum Gasteiger partial charge on any atom is -0.466 e. The summed E-state index contributed by atoms with van der Waals surface area (Å²) in [5, 5.41) is 8.86. The van der Waals surface area contributed by atoms with Gasteiger partial charge in [0.05, 0.1) is 7.11 Å². The lowest BCUT2D eigenvalue weighted by Gasteiger charge is -2.06. The van der Waals surface area contributed by atoms with Gasteiger partial charge in [-0.25, -0.2) is 9.59 Å². The quantitative estimate of drug-likeness (QED) is 0.381. The van der Waals surface area contributed by atoms with Gasteiger partial charge in [-0.15, -0.1) is 0 Å². The number of hydrogen-bond acceptors (Lipinski definition) is 5. The molecule has 0 saturated carbocycles. The van der Waals surface area contributed by atoms with Gasteiger partial charge < -0.3 is 14.6 Å². The minimum atomic E-state index is -1.13. The molecule has 0 amide bonds. The molecule has 0 fully saturated rings. The normalized spacial score (nSPS) is 12.5. The summed E-state index contributed by atoms with van der Waals surface area (Å²) in [6.07, 6.45) is 0.988. The summed E-state index contributed by atoms with van der Waals surface area (Å²) in [6, 6.07) is 0. The Balaban J connectivity index is 3.87. The summed E-state index contributed by atoms with van der Waals surface area (Å²) in [5.41, 5.74) is 0. The molecule has 1 unspecified atom stereocenters. The molecule has 74 valence electrons. The Kier molecular flexibility index (Phi) is 5.54. The molecule has 0 heterocycles. The van der Waals surface area contributed by atoms with Crippen LogP contribution in [0.2, 0.25) is 0 Å². The maximum Gasteiger partial charge on any atom is 0.333 e. The predicted octanol–water partition coefficient (Wildman–Crippen LogP) is -0.0128. The Morgan fingerprint density at radius 3 is 2.38 bits per heavy atom. The molecule has 0 aliphatic rings. The van der Waals surface area contributed by atoms with Crippen molar-refractivity contribution in [3.05, 3.63) is 12.2 Å². The number of rotatable bonds is 4. The molecule has 0 saturated heterocycles. The first-order valence-electron chi connectivity index (χ1n) is 3.74. The Morgan fingerprint density at radius 2 is 1.92 bits per heavy atom. The fourth-order valence-corrected chi connectivity index (χ4v) is 0.461. The number of hydrogen-bond donors (Lipinski definition) is 1. The Hall–Kier alpha value is -1.36. The summed E-state index contributed by atoms with van der Waals surface area (Å²) in [5.74, 6) is -1.43. The lowest BCUT2D eigenvalue weighted by Crippen LogP contribution is -2.14. The van der Waals surface area contributed by atoms with Crippen molar-refractivity contribution >= 4 is 11.9 Å². The van der Waals surface area contributed by atoms with E-state index in [4.69, 9.17) is 5.11 Å². The third-order valence-corrected chi connectivity index (χ3v) is 1.16. The van der Waals surface area contributed by atoms with E-state index in [0.717, 1.165) is 12.2 Å². The summed E-state index contributed by atoms with van der Waals surface area (Å²) >= 11 is 0. The van der Waals surface area contributed by atoms with E-state index in [1.165, 1.54) is 7.11 Å². The van der Waals surface area contributed by atoms with E-state index < -0.39 is 18.2 Å². The molecule has 1 N–H and O–H groups in total. The molecule has 0 radical (unpaired) electrons. The van der Waals surface area contributed by atoms with Crippen LogP contribution in [0.15, 0.2) is 12.2 Å². The highest BCUT2D eigenvalue weighted by Crippen LogP contribution is 1.94. The van der Waals surface area contributed by atoms with E-state index in [1.54, 1.807) is 6.92 Å². The number of aliphatic hydroxyl groups excluding tert-OH is 1.